The predicted octanol–water partition coefficient (Wildman–Crippen LogP) is 3.07. The summed E-state index contributed by atoms with van der Waals surface area (Å²) in [6.07, 6.45) is 2.28. The van der Waals surface area contributed by atoms with E-state index in [1.165, 1.54) is 11.8 Å². The molecule has 1 N–H and O–H groups in total. The van der Waals surface area contributed by atoms with Gasteiger partial charge in [-0.2, -0.15) is 0 Å². The van der Waals surface area contributed by atoms with Crippen molar-refractivity contribution in [1.82, 2.24) is 5.32 Å². The van der Waals surface area contributed by atoms with Crippen LogP contribution >= 0.6 is 0 Å². The smallest absolute Gasteiger partial charge is 0.149 e. The van der Waals surface area contributed by atoms with Crippen molar-refractivity contribution in [2.75, 3.05) is 18.6 Å². The van der Waals surface area contributed by atoms with Crippen molar-refractivity contribution in [2.45, 2.75) is 45.6 Å². The largest absolute Gasteiger partial charge is 0.309 e. The van der Waals surface area contributed by atoms with Crippen molar-refractivity contribution in [3.8, 4) is 0 Å². The molecule has 0 heterocycles. The Bertz CT molecular complexity index is 512. The lowest BCUT2D eigenvalue weighted by Gasteiger charge is -2.22. The summed E-state index contributed by atoms with van der Waals surface area (Å²) in [5.41, 5.74) is 2.41. The van der Waals surface area contributed by atoms with E-state index in [2.05, 4.69) is 45.1 Å². The van der Waals surface area contributed by atoms with Crippen LogP contribution in [0, 0.1) is 0 Å². The maximum atomic E-state index is 11.6. The van der Waals surface area contributed by atoms with Crippen LogP contribution in [0.15, 0.2) is 24.3 Å². The number of nitrogens with one attached hydrogen (secondary N) is 1. The van der Waals surface area contributed by atoms with Crippen LogP contribution in [0.5, 0.6) is 0 Å². The minimum absolute atomic E-state index is 0.113. The van der Waals surface area contributed by atoms with Gasteiger partial charge in [-0.05, 0) is 29.5 Å². The molecule has 114 valence electrons. The number of hydrogen-bond donors (Lipinski definition) is 1. The highest BCUT2D eigenvalue weighted by Gasteiger charge is 2.18. The molecule has 0 amide bonds. The van der Waals surface area contributed by atoms with E-state index in [0.717, 1.165) is 18.5 Å². The Labute approximate surface area is 123 Å². The zero-order valence-corrected chi connectivity index (χ0v) is 14.0. The fraction of sp³-hybridized carbons (Fsp3) is 0.625. The van der Waals surface area contributed by atoms with Crippen LogP contribution in [0.1, 0.15) is 51.3 Å². The Morgan fingerprint density at radius 1 is 1.15 bits per heavy atom. The molecule has 0 saturated carbocycles. The fourth-order valence-corrected chi connectivity index (χ4v) is 3.03. The highest BCUT2D eigenvalue weighted by atomic mass is 32.2. The number of benzene rings is 1. The second-order valence-corrected chi connectivity index (χ2v) is 8.66. The van der Waals surface area contributed by atoms with Gasteiger partial charge < -0.3 is 5.32 Å². The number of hydrogen-bond acceptors (Lipinski definition) is 3. The van der Waals surface area contributed by atoms with Crippen molar-refractivity contribution in [3.63, 3.8) is 0 Å². The third kappa shape index (κ3) is 5.63. The van der Waals surface area contributed by atoms with Gasteiger partial charge in [0.1, 0.15) is 9.84 Å². The summed E-state index contributed by atoms with van der Waals surface area (Å²) in [6, 6.07) is 8.15. The maximum absolute atomic E-state index is 11.6. The first-order valence-electron chi connectivity index (χ1n) is 7.15. The van der Waals surface area contributed by atoms with Gasteiger partial charge in [0.25, 0.3) is 0 Å². The maximum Gasteiger partial charge on any atom is 0.149 e. The molecule has 1 atom stereocenters. The van der Waals surface area contributed by atoms with Gasteiger partial charge in [0.05, 0.1) is 5.75 Å². The molecule has 1 rings (SSSR count). The number of rotatable bonds is 6. The number of sulfone groups is 1. The van der Waals surface area contributed by atoms with Crippen LogP contribution in [-0.2, 0) is 15.3 Å². The quantitative estimate of drug-likeness (QED) is 0.878. The summed E-state index contributed by atoms with van der Waals surface area (Å²) in [5.74, 6) is 0.141. The van der Waals surface area contributed by atoms with E-state index >= 15 is 0 Å². The average molecular weight is 297 g/mol. The minimum Gasteiger partial charge on any atom is -0.309 e. The highest BCUT2D eigenvalue weighted by Crippen LogP contribution is 2.24. The highest BCUT2D eigenvalue weighted by molar-refractivity contribution is 7.90. The summed E-state index contributed by atoms with van der Waals surface area (Å²) in [6.45, 7) is 9.41. The van der Waals surface area contributed by atoms with Gasteiger partial charge in [-0.3, -0.25) is 0 Å². The molecule has 0 aliphatic carbocycles. The van der Waals surface area contributed by atoms with Gasteiger partial charge in [0.15, 0.2) is 0 Å². The lowest BCUT2D eigenvalue weighted by molar-refractivity contribution is 0.548. The van der Waals surface area contributed by atoms with E-state index in [1.807, 2.05) is 12.1 Å². The zero-order chi connectivity index (χ0) is 15.4. The van der Waals surface area contributed by atoms with Crippen LogP contribution in [0.2, 0.25) is 0 Å². The lowest BCUT2D eigenvalue weighted by Crippen LogP contribution is -2.28. The Hall–Kier alpha value is -0.870. The topological polar surface area (TPSA) is 46.2 Å². The Balaban J connectivity index is 2.96. The average Bonchev–Trinajstić information content (AvgIpc) is 2.32. The van der Waals surface area contributed by atoms with E-state index < -0.39 is 9.84 Å². The Morgan fingerprint density at radius 2 is 1.70 bits per heavy atom. The normalized spacial score (nSPS) is 14.2. The third-order valence-corrected chi connectivity index (χ3v) is 4.23. The van der Waals surface area contributed by atoms with Crippen LogP contribution in [0.4, 0.5) is 0 Å². The van der Waals surface area contributed by atoms with Crippen LogP contribution in [0.3, 0.4) is 0 Å². The van der Waals surface area contributed by atoms with Gasteiger partial charge >= 0.3 is 0 Å². The van der Waals surface area contributed by atoms with E-state index in [1.54, 1.807) is 0 Å². The Kier molecular flexibility index (Phi) is 5.78. The van der Waals surface area contributed by atoms with Crippen LogP contribution < -0.4 is 5.32 Å². The molecule has 0 aliphatic rings. The molecule has 20 heavy (non-hydrogen) atoms. The van der Waals surface area contributed by atoms with Crippen molar-refractivity contribution >= 4 is 9.84 Å². The fourth-order valence-electron chi connectivity index (χ4n) is 2.11. The summed E-state index contributed by atoms with van der Waals surface area (Å²) in [4.78, 5) is 0. The summed E-state index contributed by atoms with van der Waals surface area (Å²) >= 11 is 0. The molecule has 0 aliphatic heterocycles. The molecule has 0 aromatic heterocycles. The second-order valence-electron chi connectivity index (χ2n) is 6.47. The monoisotopic (exact) mass is 297 g/mol. The molecular weight excluding hydrogens is 270 g/mol. The molecule has 1 aromatic rings. The van der Waals surface area contributed by atoms with Crippen molar-refractivity contribution in [3.05, 3.63) is 35.4 Å². The van der Waals surface area contributed by atoms with Crippen LogP contribution in [-0.4, -0.2) is 27.0 Å². The first-order valence-corrected chi connectivity index (χ1v) is 9.21. The van der Waals surface area contributed by atoms with Gasteiger partial charge in [-0.1, -0.05) is 52.0 Å². The van der Waals surface area contributed by atoms with Crippen molar-refractivity contribution in [2.24, 2.45) is 0 Å². The van der Waals surface area contributed by atoms with E-state index in [-0.39, 0.29) is 17.2 Å². The van der Waals surface area contributed by atoms with Gasteiger partial charge in [-0.25, -0.2) is 8.42 Å². The molecule has 0 bridgehead atoms. The van der Waals surface area contributed by atoms with Gasteiger partial charge in [-0.15, -0.1) is 0 Å². The first kappa shape index (κ1) is 17.2. The van der Waals surface area contributed by atoms with Gasteiger partial charge in [0, 0.05) is 12.3 Å². The molecule has 0 radical (unpaired) electrons. The van der Waals surface area contributed by atoms with Gasteiger partial charge in [0.2, 0.25) is 0 Å². The van der Waals surface area contributed by atoms with E-state index in [4.69, 9.17) is 0 Å². The predicted molar refractivity (Wildman–Crippen MR) is 85.9 cm³/mol. The Morgan fingerprint density at radius 3 is 2.10 bits per heavy atom. The second kappa shape index (κ2) is 6.72. The molecule has 0 spiro atoms. The minimum atomic E-state index is -3.00. The van der Waals surface area contributed by atoms with E-state index in [0.29, 0.717) is 0 Å². The molecule has 1 aromatic carbocycles. The summed E-state index contributed by atoms with van der Waals surface area (Å²) < 4.78 is 23.1. The summed E-state index contributed by atoms with van der Waals surface area (Å²) in [5, 5.41) is 3.32. The first-order chi connectivity index (χ1) is 9.13. The summed E-state index contributed by atoms with van der Waals surface area (Å²) in [7, 11) is -3.00. The van der Waals surface area contributed by atoms with Crippen molar-refractivity contribution < 1.29 is 8.42 Å². The standard InChI is InChI=1S/C16H27NO2S/c1-6-11-17-15(12-20(5,18)19)13-7-9-14(10-8-13)16(2,3)4/h7-10,15,17H,6,11-12H2,1-5H3. The SMILES string of the molecule is CCCNC(CS(C)(=O)=O)c1ccc(C(C)(C)C)cc1. The molecule has 0 saturated heterocycles. The molecule has 4 heteroatoms. The molecule has 0 fully saturated rings. The molecule has 1 unspecified atom stereocenters. The van der Waals surface area contributed by atoms with Crippen LogP contribution in [0.25, 0.3) is 0 Å². The molecular formula is C16H27NO2S. The third-order valence-electron chi connectivity index (χ3n) is 3.29. The molecule has 3 nitrogen and oxygen atoms in total. The lowest BCUT2D eigenvalue weighted by atomic mass is 9.86. The van der Waals surface area contributed by atoms with Crippen molar-refractivity contribution in [1.29, 1.82) is 0 Å². The zero-order valence-electron chi connectivity index (χ0n) is 13.2. The van der Waals surface area contributed by atoms with E-state index in [9.17, 15) is 8.42 Å².